The molecule has 186 valence electrons. The fourth-order valence-electron chi connectivity index (χ4n) is 3.32. The van der Waals surface area contributed by atoms with E-state index in [1.807, 2.05) is 56.3 Å². The number of carbonyl (C=O) groups excluding carboxylic acids is 2. The largest absolute Gasteiger partial charge is 0.497 e. The van der Waals surface area contributed by atoms with Crippen molar-refractivity contribution in [2.75, 3.05) is 13.7 Å². The molecule has 0 radical (unpaired) electrons. The highest BCUT2D eigenvalue weighted by Crippen LogP contribution is 2.31. The highest BCUT2D eigenvalue weighted by molar-refractivity contribution is 9.10. The van der Waals surface area contributed by atoms with E-state index in [2.05, 4.69) is 42.0 Å². The number of ether oxygens (including phenoxy) is 2. The lowest BCUT2D eigenvalue weighted by Gasteiger charge is -2.29. The molecule has 6 nitrogen and oxygen atoms in total. The third kappa shape index (κ3) is 7.76. The summed E-state index contributed by atoms with van der Waals surface area (Å²) < 4.78 is 12.0. The molecule has 0 unspecified atom stereocenters. The van der Waals surface area contributed by atoms with Crippen LogP contribution in [0.2, 0.25) is 0 Å². The zero-order valence-corrected chi connectivity index (χ0v) is 22.9. The number of halogens is 1. The molecule has 2 amide bonds. The molecule has 0 saturated carbocycles. The minimum Gasteiger partial charge on any atom is -0.497 e. The van der Waals surface area contributed by atoms with E-state index >= 15 is 0 Å². The molecule has 2 rings (SSSR count). The molecular formula is C27H37BrN2O4. The topological polar surface area (TPSA) is 67.9 Å². The van der Waals surface area contributed by atoms with Crippen molar-refractivity contribution in [2.24, 2.45) is 0 Å². The molecule has 0 aliphatic heterocycles. The Hall–Kier alpha value is -2.54. The van der Waals surface area contributed by atoms with Crippen LogP contribution in [0, 0.1) is 0 Å². The highest BCUT2D eigenvalue weighted by Gasteiger charge is 2.27. The van der Waals surface area contributed by atoms with Crippen molar-refractivity contribution in [2.45, 2.75) is 72.0 Å². The maximum Gasteiger partial charge on any atom is 0.261 e. The van der Waals surface area contributed by atoms with E-state index in [0.717, 1.165) is 22.0 Å². The summed E-state index contributed by atoms with van der Waals surface area (Å²) in [5, 5.41) is 2.97. The lowest BCUT2D eigenvalue weighted by Crippen LogP contribution is -2.50. The maximum atomic E-state index is 13.3. The molecule has 34 heavy (non-hydrogen) atoms. The molecule has 0 spiro atoms. The van der Waals surface area contributed by atoms with Crippen molar-refractivity contribution in [1.29, 1.82) is 0 Å². The van der Waals surface area contributed by atoms with Gasteiger partial charge in [0.1, 0.15) is 17.5 Å². The van der Waals surface area contributed by atoms with Crippen LogP contribution < -0.4 is 14.8 Å². The summed E-state index contributed by atoms with van der Waals surface area (Å²) in [5.74, 6) is 0.808. The van der Waals surface area contributed by atoms with E-state index in [1.54, 1.807) is 18.9 Å². The van der Waals surface area contributed by atoms with Crippen LogP contribution in [0.4, 0.5) is 0 Å². The molecule has 0 bridgehead atoms. The van der Waals surface area contributed by atoms with Gasteiger partial charge in [0.15, 0.2) is 6.61 Å². The van der Waals surface area contributed by atoms with Crippen LogP contribution in [0.15, 0.2) is 46.9 Å². The number of amides is 2. The number of hydrogen-bond acceptors (Lipinski definition) is 4. The van der Waals surface area contributed by atoms with Crippen molar-refractivity contribution in [1.82, 2.24) is 10.2 Å². The summed E-state index contributed by atoms with van der Waals surface area (Å²) in [6, 6.07) is 12.7. The maximum absolute atomic E-state index is 13.3. The van der Waals surface area contributed by atoms with Gasteiger partial charge in [-0.2, -0.15) is 0 Å². The highest BCUT2D eigenvalue weighted by atomic mass is 79.9. The van der Waals surface area contributed by atoms with E-state index < -0.39 is 6.04 Å². The van der Waals surface area contributed by atoms with Crippen LogP contribution >= 0.6 is 15.9 Å². The molecular weight excluding hydrogens is 496 g/mol. The van der Waals surface area contributed by atoms with Crippen LogP contribution in [-0.4, -0.2) is 42.5 Å². The molecule has 0 aliphatic carbocycles. The molecule has 0 saturated heterocycles. The van der Waals surface area contributed by atoms with Gasteiger partial charge in [0.2, 0.25) is 5.91 Å². The third-order valence-electron chi connectivity index (χ3n) is 5.80. The monoisotopic (exact) mass is 532 g/mol. The third-order valence-corrected chi connectivity index (χ3v) is 6.42. The zero-order chi connectivity index (χ0) is 25.5. The molecule has 7 heteroatoms. The average Bonchev–Trinajstić information content (AvgIpc) is 2.80. The SMILES string of the molecule is CC[C@H](C)NC(=O)[C@@H](C)N(Cc1cccc(OC)c1)C(=O)COc1ccc(C(C)(C)C)cc1Br. The minimum atomic E-state index is -0.664. The van der Waals surface area contributed by atoms with Crippen molar-refractivity contribution in [3.05, 3.63) is 58.1 Å². The summed E-state index contributed by atoms with van der Waals surface area (Å²) in [4.78, 5) is 27.7. The molecule has 2 atom stereocenters. The first-order valence-corrected chi connectivity index (χ1v) is 12.4. The Kier molecular flexibility index (Phi) is 9.98. The summed E-state index contributed by atoms with van der Waals surface area (Å²) >= 11 is 3.56. The van der Waals surface area contributed by atoms with Crippen LogP contribution in [-0.2, 0) is 21.5 Å². The lowest BCUT2D eigenvalue weighted by molar-refractivity contribution is -0.142. The molecule has 0 aromatic heterocycles. The Bertz CT molecular complexity index is 987. The molecule has 0 aliphatic rings. The van der Waals surface area contributed by atoms with Crippen molar-refractivity contribution in [3.63, 3.8) is 0 Å². The minimum absolute atomic E-state index is 0.00281. The molecule has 2 aromatic rings. The van der Waals surface area contributed by atoms with Gasteiger partial charge >= 0.3 is 0 Å². The zero-order valence-electron chi connectivity index (χ0n) is 21.3. The van der Waals surface area contributed by atoms with Crippen molar-refractivity contribution >= 4 is 27.7 Å². The average molecular weight is 534 g/mol. The summed E-state index contributed by atoms with van der Waals surface area (Å²) in [7, 11) is 1.60. The van der Waals surface area contributed by atoms with Gasteiger partial charge in [0.05, 0.1) is 11.6 Å². The van der Waals surface area contributed by atoms with Crippen molar-refractivity contribution in [3.8, 4) is 11.5 Å². The number of rotatable bonds is 10. The molecule has 0 fully saturated rings. The van der Waals surface area contributed by atoms with E-state index in [0.29, 0.717) is 11.5 Å². The second-order valence-electron chi connectivity index (χ2n) is 9.55. The molecule has 1 N–H and O–H groups in total. The van der Waals surface area contributed by atoms with E-state index in [4.69, 9.17) is 9.47 Å². The van der Waals surface area contributed by atoms with Crippen LogP contribution in [0.1, 0.15) is 59.1 Å². The van der Waals surface area contributed by atoms with Gasteiger partial charge in [-0.05, 0) is 77.0 Å². The Morgan fingerprint density at radius 1 is 1.12 bits per heavy atom. The van der Waals surface area contributed by atoms with Gasteiger partial charge in [0, 0.05) is 12.6 Å². The van der Waals surface area contributed by atoms with Gasteiger partial charge in [-0.1, -0.05) is 45.9 Å². The Balaban J connectivity index is 2.21. The predicted molar refractivity (Wildman–Crippen MR) is 139 cm³/mol. The standard InChI is InChI=1S/C27H37BrN2O4/c1-8-18(2)29-26(32)19(3)30(16-20-10-9-11-22(14-20)33-7)25(31)17-34-24-13-12-21(15-23(24)28)27(4,5)6/h9-15,18-19H,8,16-17H2,1-7H3,(H,29,32)/t18-,19+/m0/s1. The van der Waals surface area contributed by atoms with Gasteiger partial charge in [0.25, 0.3) is 5.91 Å². The van der Waals surface area contributed by atoms with E-state index in [-0.39, 0.29) is 36.4 Å². The first-order valence-electron chi connectivity index (χ1n) is 11.6. The Morgan fingerprint density at radius 2 is 1.82 bits per heavy atom. The van der Waals surface area contributed by atoms with E-state index in [9.17, 15) is 9.59 Å². The van der Waals surface area contributed by atoms with Crippen LogP contribution in [0.25, 0.3) is 0 Å². The summed E-state index contributed by atoms with van der Waals surface area (Å²) in [6.07, 6.45) is 0.810. The number of benzene rings is 2. The van der Waals surface area contributed by atoms with E-state index in [1.165, 1.54) is 0 Å². The molecule has 2 aromatic carbocycles. The fraction of sp³-hybridized carbons (Fsp3) is 0.481. The lowest BCUT2D eigenvalue weighted by atomic mass is 9.87. The number of hydrogen-bond donors (Lipinski definition) is 1. The van der Waals surface area contributed by atoms with Gasteiger partial charge in [-0.25, -0.2) is 0 Å². The second kappa shape index (κ2) is 12.2. The second-order valence-corrected chi connectivity index (χ2v) is 10.4. The van der Waals surface area contributed by atoms with Crippen LogP contribution in [0.5, 0.6) is 11.5 Å². The normalized spacial score (nSPS) is 13.1. The number of nitrogens with zero attached hydrogens (tertiary/aromatic N) is 1. The Labute approximate surface area is 212 Å². The van der Waals surface area contributed by atoms with Gasteiger partial charge < -0.3 is 19.7 Å². The predicted octanol–water partition coefficient (Wildman–Crippen LogP) is 5.47. The summed E-state index contributed by atoms with van der Waals surface area (Å²) in [5.41, 5.74) is 2.03. The summed E-state index contributed by atoms with van der Waals surface area (Å²) in [6.45, 7) is 12.2. The van der Waals surface area contributed by atoms with Gasteiger partial charge in [-0.3, -0.25) is 9.59 Å². The first kappa shape index (κ1) is 27.7. The fourth-order valence-corrected chi connectivity index (χ4v) is 3.82. The smallest absolute Gasteiger partial charge is 0.261 e. The number of methoxy groups -OCH3 is 1. The van der Waals surface area contributed by atoms with Crippen LogP contribution in [0.3, 0.4) is 0 Å². The number of carbonyl (C=O) groups is 2. The molecule has 0 heterocycles. The quantitative estimate of drug-likeness (QED) is 0.440. The number of nitrogens with one attached hydrogen (secondary N) is 1. The Morgan fingerprint density at radius 3 is 2.41 bits per heavy atom. The van der Waals surface area contributed by atoms with Gasteiger partial charge in [-0.15, -0.1) is 0 Å². The van der Waals surface area contributed by atoms with Crippen molar-refractivity contribution < 1.29 is 19.1 Å². The first-order chi connectivity index (χ1) is 16.0.